The summed E-state index contributed by atoms with van der Waals surface area (Å²) < 4.78 is 28.3. The van der Waals surface area contributed by atoms with E-state index < -0.39 is 10.2 Å². The maximum Gasteiger partial charge on any atom is 0.279 e. The SMILES string of the molecule is CN(C1CCCCC1)S(=O)(=O)NCCSCCCO. The molecule has 1 fully saturated rings. The Labute approximate surface area is 121 Å². The lowest BCUT2D eigenvalue weighted by Gasteiger charge is -2.30. The van der Waals surface area contributed by atoms with E-state index in [0.29, 0.717) is 6.54 Å². The molecule has 0 bridgehead atoms. The molecule has 1 aliphatic carbocycles. The number of aliphatic hydroxyl groups is 1. The van der Waals surface area contributed by atoms with E-state index in [1.54, 1.807) is 18.8 Å². The predicted molar refractivity (Wildman–Crippen MR) is 80.6 cm³/mol. The average Bonchev–Trinajstić information content (AvgIpc) is 2.43. The zero-order chi connectivity index (χ0) is 14.1. The third kappa shape index (κ3) is 6.44. The van der Waals surface area contributed by atoms with Crippen LogP contribution in [0, 0.1) is 0 Å². The van der Waals surface area contributed by atoms with Crippen molar-refractivity contribution in [3.8, 4) is 0 Å². The summed E-state index contributed by atoms with van der Waals surface area (Å²) in [7, 11) is -1.65. The van der Waals surface area contributed by atoms with Crippen LogP contribution in [0.4, 0.5) is 0 Å². The Kier molecular flexibility index (Phi) is 8.32. The van der Waals surface area contributed by atoms with Crippen LogP contribution < -0.4 is 4.72 Å². The van der Waals surface area contributed by atoms with Gasteiger partial charge in [-0.05, 0) is 25.0 Å². The van der Waals surface area contributed by atoms with Gasteiger partial charge in [-0.1, -0.05) is 19.3 Å². The molecule has 0 spiro atoms. The van der Waals surface area contributed by atoms with Crippen LogP contribution in [0.1, 0.15) is 38.5 Å². The summed E-state index contributed by atoms with van der Waals surface area (Å²) in [6, 6.07) is 0.160. The first kappa shape index (κ1) is 17.2. The number of rotatable bonds is 9. The third-order valence-electron chi connectivity index (χ3n) is 3.45. The molecule has 5 nitrogen and oxygen atoms in total. The van der Waals surface area contributed by atoms with E-state index in [-0.39, 0.29) is 12.6 Å². The number of thioether (sulfide) groups is 1. The second-order valence-corrected chi connectivity index (χ2v) is 7.94. The first-order valence-electron chi connectivity index (χ1n) is 6.99. The van der Waals surface area contributed by atoms with Crippen LogP contribution in [0.25, 0.3) is 0 Å². The second-order valence-electron chi connectivity index (χ2n) is 4.90. The Balaban J connectivity index is 2.25. The van der Waals surface area contributed by atoms with E-state index in [9.17, 15) is 8.42 Å². The van der Waals surface area contributed by atoms with Crippen molar-refractivity contribution in [1.82, 2.24) is 9.03 Å². The van der Waals surface area contributed by atoms with Gasteiger partial charge in [-0.3, -0.25) is 0 Å². The summed E-state index contributed by atoms with van der Waals surface area (Å²) in [5.41, 5.74) is 0. The fraction of sp³-hybridized carbons (Fsp3) is 1.00. The molecule has 1 rings (SSSR count). The van der Waals surface area contributed by atoms with E-state index in [1.165, 1.54) is 10.7 Å². The molecule has 0 aromatic heterocycles. The quantitative estimate of drug-likeness (QED) is 0.628. The molecule has 1 aliphatic rings. The van der Waals surface area contributed by atoms with E-state index in [1.807, 2.05) is 0 Å². The minimum atomic E-state index is -3.33. The van der Waals surface area contributed by atoms with Gasteiger partial charge in [-0.2, -0.15) is 24.5 Å². The van der Waals surface area contributed by atoms with Crippen molar-refractivity contribution in [3.63, 3.8) is 0 Å². The van der Waals surface area contributed by atoms with Crippen LogP contribution in [0.5, 0.6) is 0 Å². The number of aliphatic hydroxyl groups excluding tert-OH is 1. The van der Waals surface area contributed by atoms with Gasteiger partial charge in [0.2, 0.25) is 0 Å². The molecular weight excluding hydrogens is 284 g/mol. The van der Waals surface area contributed by atoms with Crippen molar-refractivity contribution >= 4 is 22.0 Å². The summed E-state index contributed by atoms with van der Waals surface area (Å²) >= 11 is 1.66. The van der Waals surface area contributed by atoms with Crippen molar-refractivity contribution < 1.29 is 13.5 Å². The molecule has 0 amide bonds. The summed E-state index contributed by atoms with van der Waals surface area (Å²) in [5, 5.41) is 8.64. The average molecular weight is 310 g/mol. The highest BCUT2D eigenvalue weighted by molar-refractivity contribution is 7.99. The largest absolute Gasteiger partial charge is 0.396 e. The monoisotopic (exact) mass is 310 g/mol. The predicted octanol–water partition coefficient (Wildman–Crippen LogP) is 1.20. The number of nitrogens with zero attached hydrogens (tertiary/aromatic N) is 1. The summed E-state index contributed by atoms with van der Waals surface area (Å²) in [5.74, 6) is 1.62. The molecule has 0 aliphatic heterocycles. The van der Waals surface area contributed by atoms with Gasteiger partial charge < -0.3 is 5.11 Å². The Morgan fingerprint density at radius 2 is 1.95 bits per heavy atom. The highest BCUT2D eigenvalue weighted by atomic mass is 32.2. The van der Waals surface area contributed by atoms with Gasteiger partial charge in [0, 0.05) is 32.0 Å². The van der Waals surface area contributed by atoms with Gasteiger partial charge >= 0.3 is 0 Å². The Bertz CT molecular complexity index is 330. The lowest BCUT2D eigenvalue weighted by Crippen LogP contribution is -2.45. The summed E-state index contributed by atoms with van der Waals surface area (Å²) in [4.78, 5) is 0. The Morgan fingerprint density at radius 3 is 2.58 bits per heavy atom. The normalized spacial score (nSPS) is 18.1. The van der Waals surface area contributed by atoms with Crippen LogP contribution in [-0.2, 0) is 10.2 Å². The maximum absolute atomic E-state index is 12.1. The third-order valence-corrected chi connectivity index (χ3v) is 6.14. The Hall–Kier alpha value is 0.180. The van der Waals surface area contributed by atoms with Gasteiger partial charge in [0.25, 0.3) is 10.2 Å². The standard InChI is InChI=1S/C12H26N2O3S2/c1-14(12-6-3-2-4-7-12)19(16,17)13-8-11-18-10-5-9-15/h12-13,15H,2-11H2,1H3. The highest BCUT2D eigenvalue weighted by Gasteiger charge is 2.26. The van der Waals surface area contributed by atoms with Crippen LogP contribution in [0.2, 0.25) is 0 Å². The molecule has 0 atom stereocenters. The maximum atomic E-state index is 12.1. The first-order chi connectivity index (χ1) is 9.08. The second kappa shape index (κ2) is 9.18. The van der Waals surface area contributed by atoms with Crippen LogP contribution in [0.3, 0.4) is 0 Å². The van der Waals surface area contributed by atoms with Crippen molar-refractivity contribution in [1.29, 1.82) is 0 Å². The molecule has 19 heavy (non-hydrogen) atoms. The molecule has 0 saturated heterocycles. The number of hydrogen-bond acceptors (Lipinski definition) is 4. The molecule has 2 N–H and O–H groups in total. The summed E-state index contributed by atoms with van der Waals surface area (Å²) in [6.45, 7) is 0.651. The number of nitrogens with one attached hydrogen (secondary N) is 1. The fourth-order valence-corrected chi connectivity index (χ4v) is 4.33. The van der Waals surface area contributed by atoms with Crippen LogP contribution in [-0.4, -0.2) is 55.6 Å². The van der Waals surface area contributed by atoms with Crippen LogP contribution >= 0.6 is 11.8 Å². The Morgan fingerprint density at radius 1 is 1.26 bits per heavy atom. The van der Waals surface area contributed by atoms with Gasteiger partial charge in [0.05, 0.1) is 0 Å². The van der Waals surface area contributed by atoms with E-state index in [0.717, 1.165) is 43.6 Å². The van der Waals surface area contributed by atoms with Gasteiger partial charge in [0.15, 0.2) is 0 Å². The van der Waals surface area contributed by atoms with E-state index in [2.05, 4.69) is 4.72 Å². The first-order valence-corrected chi connectivity index (χ1v) is 9.58. The smallest absolute Gasteiger partial charge is 0.279 e. The van der Waals surface area contributed by atoms with E-state index >= 15 is 0 Å². The highest BCUT2D eigenvalue weighted by Crippen LogP contribution is 2.22. The lowest BCUT2D eigenvalue weighted by molar-refractivity contribution is 0.283. The molecule has 0 unspecified atom stereocenters. The zero-order valence-electron chi connectivity index (χ0n) is 11.7. The van der Waals surface area contributed by atoms with Gasteiger partial charge in [-0.25, -0.2) is 4.72 Å². The van der Waals surface area contributed by atoms with Gasteiger partial charge in [0.1, 0.15) is 0 Å². The van der Waals surface area contributed by atoms with Gasteiger partial charge in [-0.15, -0.1) is 0 Å². The fourth-order valence-electron chi connectivity index (χ4n) is 2.25. The topological polar surface area (TPSA) is 69.6 Å². The number of hydrogen-bond donors (Lipinski definition) is 2. The van der Waals surface area contributed by atoms with Crippen LogP contribution in [0.15, 0.2) is 0 Å². The van der Waals surface area contributed by atoms with Crippen molar-refractivity contribution in [2.45, 2.75) is 44.6 Å². The minimum Gasteiger partial charge on any atom is -0.396 e. The molecule has 0 aromatic carbocycles. The zero-order valence-corrected chi connectivity index (χ0v) is 13.3. The van der Waals surface area contributed by atoms with Crippen molar-refractivity contribution in [3.05, 3.63) is 0 Å². The molecule has 114 valence electrons. The molecular formula is C12H26N2O3S2. The molecule has 0 radical (unpaired) electrons. The minimum absolute atomic E-state index is 0.160. The molecule has 0 aromatic rings. The lowest BCUT2D eigenvalue weighted by atomic mass is 9.96. The van der Waals surface area contributed by atoms with Crippen molar-refractivity contribution in [2.75, 3.05) is 31.7 Å². The van der Waals surface area contributed by atoms with E-state index in [4.69, 9.17) is 5.11 Å². The summed E-state index contributed by atoms with van der Waals surface area (Å²) in [6.07, 6.45) is 6.19. The molecule has 0 heterocycles. The molecule has 7 heteroatoms. The van der Waals surface area contributed by atoms with Crippen molar-refractivity contribution in [2.24, 2.45) is 0 Å². The molecule has 1 saturated carbocycles.